The number of ether oxygens (including phenoxy) is 1. The molecule has 0 bridgehead atoms. The molecule has 3 aromatic rings. The zero-order valence-electron chi connectivity index (χ0n) is 15.2. The van der Waals surface area contributed by atoms with Gasteiger partial charge in [-0.3, -0.25) is 4.98 Å². The number of nitrogens with zero attached hydrogens (tertiary/aromatic N) is 3. The van der Waals surface area contributed by atoms with Crippen LogP contribution in [-0.4, -0.2) is 33.6 Å². The number of amides is 2. The fourth-order valence-corrected chi connectivity index (χ4v) is 3.50. The smallest absolute Gasteiger partial charge is 0.322 e. The SMILES string of the molecule is CCOc1ccc(NC(=O)N2CCn3cccc3[C@@H]2c2ccncc2)cc1. The number of benzene rings is 1. The standard InChI is InChI=1S/C21H22N4O2/c1-2-27-18-7-5-17(6-8-18)23-21(26)25-15-14-24-13-3-4-19(24)20(25)16-9-11-22-12-10-16/h3-13,20H,2,14-15H2,1H3,(H,23,26)/t20-/m0/s1. The molecule has 4 rings (SSSR count). The average molecular weight is 362 g/mol. The minimum Gasteiger partial charge on any atom is -0.494 e. The van der Waals surface area contributed by atoms with Crippen LogP contribution in [0.2, 0.25) is 0 Å². The number of anilines is 1. The molecule has 2 amide bonds. The molecule has 0 aliphatic carbocycles. The van der Waals surface area contributed by atoms with Gasteiger partial charge in [-0.2, -0.15) is 0 Å². The highest BCUT2D eigenvalue weighted by atomic mass is 16.5. The molecule has 0 radical (unpaired) electrons. The van der Waals surface area contributed by atoms with Crippen LogP contribution in [0.4, 0.5) is 10.5 Å². The van der Waals surface area contributed by atoms with Crippen molar-refractivity contribution in [3.05, 3.63) is 78.4 Å². The number of carbonyl (C=O) groups excluding carboxylic acids is 1. The summed E-state index contributed by atoms with van der Waals surface area (Å²) < 4.78 is 7.66. The average Bonchev–Trinajstić information content (AvgIpc) is 3.18. The first kappa shape index (κ1) is 17.1. The maximum absolute atomic E-state index is 13.1. The Morgan fingerprint density at radius 3 is 2.67 bits per heavy atom. The summed E-state index contributed by atoms with van der Waals surface area (Å²) in [7, 11) is 0. The molecular weight excluding hydrogens is 340 g/mol. The maximum Gasteiger partial charge on any atom is 0.322 e. The Bertz CT molecular complexity index is 905. The predicted octanol–water partition coefficient (Wildman–Crippen LogP) is 3.92. The van der Waals surface area contributed by atoms with Gasteiger partial charge in [0.05, 0.1) is 12.6 Å². The lowest BCUT2D eigenvalue weighted by Gasteiger charge is -2.37. The Morgan fingerprint density at radius 1 is 1.15 bits per heavy atom. The lowest BCUT2D eigenvalue weighted by Crippen LogP contribution is -2.44. The van der Waals surface area contributed by atoms with Crippen LogP contribution < -0.4 is 10.1 Å². The summed E-state index contributed by atoms with van der Waals surface area (Å²) in [6.45, 7) is 3.98. The Labute approximate surface area is 158 Å². The van der Waals surface area contributed by atoms with Crippen LogP contribution in [0.5, 0.6) is 5.75 Å². The maximum atomic E-state index is 13.1. The Balaban J connectivity index is 1.58. The van der Waals surface area contributed by atoms with Crippen molar-refractivity contribution in [3.8, 4) is 5.75 Å². The number of rotatable bonds is 4. The minimum absolute atomic E-state index is 0.117. The van der Waals surface area contributed by atoms with E-state index in [1.165, 1.54) is 0 Å². The molecule has 3 heterocycles. The first-order chi connectivity index (χ1) is 13.3. The summed E-state index contributed by atoms with van der Waals surface area (Å²) in [6.07, 6.45) is 5.59. The van der Waals surface area contributed by atoms with E-state index in [1.807, 2.05) is 54.3 Å². The van der Waals surface area contributed by atoms with Gasteiger partial charge in [0.2, 0.25) is 0 Å². The summed E-state index contributed by atoms with van der Waals surface area (Å²) in [6, 6.07) is 15.2. The van der Waals surface area contributed by atoms with Crippen molar-refractivity contribution >= 4 is 11.7 Å². The van der Waals surface area contributed by atoms with Gasteiger partial charge in [-0.05, 0) is 61.0 Å². The van der Waals surface area contributed by atoms with E-state index in [-0.39, 0.29) is 12.1 Å². The summed E-state index contributed by atoms with van der Waals surface area (Å²) in [5, 5.41) is 3.01. The van der Waals surface area contributed by atoms with Crippen molar-refractivity contribution in [2.45, 2.75) is 19.5 Å². The number of hydrogen-bond acceptors (Lipinski definition) is 3. The Kier molecular flexibility index (Phi) is 4.78. The fourth-order valence-electron chi connectivity index (χ4n) is 3.50. The monoisotopic (exact) mass is 362 g/mol. The van der Waals surface area contributed by atoms with Crippen molar-refractivity contribution in [1.29, 1.82) is 0 Å². The molecule has 2 aromatic heterocycles. The zero-order chi connectivity index (χ0) is 18.6. The summed E-state index contributed by atoms with van der Waals surface area (Å²) in [5.74, 6) is 0.793. The second-order valence-corrected chi connectivity index (χ2v) is 6.39. The van der Waals surface area contributed by atoms with E-state index in [2.05, 4.69) is 27.1 Å². The van der Waals surface area contributed by atoms with Crippen LogP contribution in [0, 0.1) is 0 Å². The summed E-state index contributed by atoms with van der Waals surface area (Å²) >= 11 is 0. The number of aromatic nitrogens is 2. The van der Waals surface area contributed by atoms with E-state index in [1.54, 1.807) is 12.4 Å². The fraction of sp³-hybridized carbons (Fsp3) is 0.238. The quantitative estimate of drug-likeness (QED) is 0.765. The Morgan fingerprint density at radius 2 is 1.93 bits per heavy atom. The van der Waals surface area contributed by atoms with E-state index < -0.39 is 0 Å². The molecule has 0 saturated heterocycles. The van der Waals surface area contributed by atoms with Crippen molar-refractivity contribution < 1.29 is 9.53 Å². The van der Waals surface area contributed by atoms with Crippen LogP contribution in [0.15, 0.2) is 67.1 Å². The molecule has 1 aromatic carbocycles. The van der Waals surface area contributed by atoms with Crippen molar-refractivity contribution in [1.82, 2.24) is 14.5 Å². The lowest BCUT2D eigenvalue weighted by molar-refractivity contribution is 0.182. The topological polar surface area (TPSA) is 59.4 Å². The van der Waals surface area contributed by atoms with E-state index in [0.29, 0.717) is 13.2 Å². The Hall–Kier alpha value is -3.28. The van der Waals surface area contributed by atoms with Gasteiger partial charge in [0.15, 0.2) is 0 Å². The van der Waals surface area contributed by atoms with Crippen molar-refractivity contribution in [3.63, 3.8) is 0 Å². The van der Waals surface area contributed by atoms with E-state index in [9.17, 15) is 4.79 Å². The van der Waals surface area contributed by atoms with Gasteiger partial charge in [0.25, 0.3) is 0 Å². The number of pyridine rings is 1. The van der Waals surface area contributed by atoms with Gasteiger partial charge in [0, 0.05) is 43.1 Å². The van der Waals surface area contributed by atoms with Gasteiger partial charge >= 0.3 is 6.03 Å². The molecular formula is C21H22N4O2. The highest BCUT2D eigenvalue weighted by Gasteiger charge is 2.32. The van der Waals surface area contributed by atoms with Crippen LogP contribution >= 0.6 is 0 Å². The number of hydrogen-bond donors (Lipinski definition) is 1. The normalized spacial score (nSPS) is 15.9. The molecule has 0 fully saturated rings. The lowest BCUT2D eigenvalue weighted by atomic mass is 10.0. The first-order valence-electron chi connectivity index (χ1n) is 9.11. The highest BCUT2D eigenvalue weighted by Crippen LogP contribution is 2.32. The molecule has 1 atom stereocenters. The third-order valence-electron chi connectivity index (χ3n) is 4.74. The molecule has 1 aliphatic heterocycles. The molecule has 0 unspecified atom stereocenters. The molecule has 27 heavy (non-hydrogen) atoms. The molecule has 0 spiro atoms. The summed E-state index contributed by atoms with van der Waals surface area (Å²) in [4.78, 5) is 19.0. The highest BCUT2D eigenvalue weighted by molar-refractivity contribution is 5.90. The second-order valence-electron chi connectivity index (χ2n) is 6.39. The first-order valence-corrected chi connectivity index (χ1v) is 9.11. The van der Waals surface area contributed by atoms with Crippen LogP contribution in [0.25, 0.3) is 0 Å². The second kappa shape index (κ2) is 7.53. The van der Waals surface area contributed by atoms with Gasteiger partial charge in [-0.15, -0.1) is 0 Å². The third-order valence-corrected chi connectivity index (χ3v) is 4.74. The van der Waals surface area contributed by atoms with Gasteiger partial charge in [-0.1, -0.05) is 0 Å². The van der Waals surface area contributed by atoms with E-state index >= 15 is 0 Å². The number of nitrogens with one attached hydrogen (secondary N) is 1. The van der Waals surface area contributed by atoms with Gasteiger partial charge in [0.1, 0.15) is 5.75 Å². The third kappa shape index (κ3) is 3.51. The zero-order valence-corrected chi connectivity index (χ0v) is 15.2. The molecule has 6 heteroatoms. The van der Waals surface area contributed by atoms with Gasteiger partial charge in [-0.25, -0.2) is 4.79 Å². The number of carbonyl (C=O) groups is 1. The van der Waals surface area contributed by atoms with Crippen LogP contribution in [0.1, 0.15) is 24.2 Å². The molecule has 1 aliphatic rings. The molecule has 0 saturated carbocycles. The largest absolute Gasteiger partial charge is 0.494 e. The van der Waals surface area contributed by atoms with E-state index in [0.717, 1.165) is 29.2 Å². The minimum atomic E-state index is -0.139. The molecule has 6 nitrogen and oxygen atoms in total. The molecule has 138 valence electrons. The van der Waals surface area contributed by atoms with Crippen molar-refractivity contribution in [2.75, 3.05) is 18.5 Å². The predicted molar refractivity (Wildman–Crippen MR) is 104 cm³/mol. The number of fused-ring (bicyclic) bond motifs is 1. The van der Waals surface area contributed by atoms with E-state index in [4.69, 9.17) is 4.74 Å². The van der Waals surface area contributed by atoms with Crippen LogP contribution in [0.3, 0.4) is 0 Å². The van der Waals surface area contributed by atoms with Crippen molar-refractivity contribution in [2.24, 2.45) is 0 Å². The summed E-state index contributed by atoms with van der Waals surface area (Å²) in [5.41, 5.74) is 2.90. The van der Waals surface area contributed by atoms with Crippen LogP contribution in [-0.2, 0) is 6.54 Å². The molecule has 1 N–H and O–H groups in total. The number of urea groups is 1. The van der Waals surface area contributed by atoms with Gasteiger partial charge < -0.3 is 19.5 Å².